The average molecular weight is 393 g/mol. The van der Waals surface area contributed by atoms with Crippen molar-refractivity contribution in [2.45, 2.75) is 51.5 Å². The molecular formula is C20H31N3O5. The molecule has 0 saturated heterocycles. The molecule has 3 amide bonds. The maximum atomic E-state index is 12.6. The number of carbonyl (C=O) groups is 3. The highest BCUT2D eigenvalue weighted by Gasteiger charge is 2.33. The van der Waals surface area contributed by atoms with Gasteiger partial charge in [-0.1, -0.05) is 39.0 Å². The molecule has 1 unspecified atom stereocenters. The van der Waals surface area contributed by atoms with Gasteiger partial charge in [0, 0.05) is 19.7 Å². The molecule has 0 saturated carbocycles. The minimum atomic E-state index is -1.48. The molecule has 1 aromatic carbocycles. The van der Waals surface area contributed by atoms with Crippen molar-refractivity contribution in [2.24, 2.45) is 0 Å². The number of amides is 3. The lowest BCUT2D eigenvalue weighted by Crippen LogP contribution is -2.54. The van der Waals surface area contributed by atoms with Crippen molar-refractivity contribution in [3.63, 3.8) is 0 Å². The Kier molecular flexibility index (Phi) is 10.6. The standard InChI is InChI=1S/C20H31N3O5/c1-4-5-6-7-8-9-14-28-16-12-10-15(11-13-16)20(26)23(3)17(18(24)21-2)19(25)22-27/h10-13,17,27H,4-9,14H2,1-3H3,(H,21,24)(H,22,25). The Balaban J connectivity index is 2.60. The number of nitrogens with zero attached hydrogens (tertiary/aromatic N) is 1. The molecule has 156 valence electrons. The molecular weight excluding hydrogens is 362 g/mol. The second-order valence-corrected chi connectivity index (χ2v) is 6.55. The van der Waals surface area contributed by atoms with Crippen molar-refractivity contribution in [2.75, 3.05) is 20.7 Å². The number of hydrogen-bond acceptors (Lipinski definition) is 5. The van der Waals surface area contributed by atoms with Gasteiger partial charge in [0.25, 0.3) is 17.7 Å². The summed E-state index contributed by atoms with van der Waals surface area (Å²) in [5, 5.41) is 11.1. The van der Waals surface area contributed by atoms with Crippen molar-refractivity contribution < 1.29 is 24.3 Å². The van der Waals surface area contributed by atoms with E-state index in [4.69, 9.17) is 9.94 Å². The maximum Gasteiger partial charge on any atom is 0.275 e. The predicted octanol–water partition coefficient (Wildman–Crippen LogP) is 2.12. The van der Waals surface area contributed by atoms with Gasteiger partial charge >= 0.3 is 0 Å². The highest BCUT2D eigenvalue weighted by molar-refractivity contribution is 6.08. The molecule has 0 aliphatic rings. The summed E-state index contributed by atoms with van der Waals surface area (Å²) in [5.74, 6) is -1.57. The van der Waals surface area contributed by atoms with Crippen LogP contribution in [0, 0.1) is 0 Å². The number of rotatable bonds is 12. The van der Waals surface area contributed by atoms with E-state index in [-0.39, 0.29) is 0 Å². The number of carbonyl (C=O) groups excluding carboxylic acids is 3. The monoisotopic (exact) mass is 393 g/mol. The summed E-state index contributed by atoms with van der Waals surface area (Å²) in [6.45, 7) is 2.81. The second-order valence-electron chi connectivity index (χ2n) is 6.55. The van der Waals surface area contributed by atoms with Gasteiger partial charge in [-0.3, -0.25) is 19.6 Å². The number of unbranched alkanes of at least 4 members (excludes halogenated alkanes) is 5. The zero-order chi connectivity index (χ0) is 20.9. The largest absolute Gasteiger partial charge is 0.494 e. The third kappa shape index (κ3) is 7.19. The fraction of sp³-hybridized carbons (Fsp3) is 0.550. The van der Waals surface area contributed by atoms with Crippen LogP contribution in [0.4, 0.5) is 0 Å². The van der Waals surface area contributed by atoms with E-state index in [1.807, 2.05) is 0 Å². The topological polar surface area (TPSA) is 108 Å². The van der Waals surface area contributed by atoms with E-state index in [9.17, 15) is 14.4 Å². The molecule has 0 aliphatic carbocycles. The minimum absolute atomic E-state index is 0.300. The molecule has 0 bridgehead atoms. The number of benzene rings is 1. The molecule has 0 aliphatic heterocycles. The molecule has 0 spiro atoms. The van der Waals surface area contributed by atoms with Crippen LogP contribution in [0.15, 0.2) is 24.3 Å². The minimum Gasteiger partial charge on any atom is -0.494 e. The molecule has 0 heterocycles. The molecule has 1 rings (SSSR count). The second kappa shape index (κ2) is 12.7. The van der Waals surface area contributed by atoms with Crippen molar-refractivity contribution in [1.82, 2.24) is 15.7 Å². The van der Waals surface area contributed by atoms with E-state index in [0.29, 0.717) is 17.9 Å². The number of hydroxylamine groups is 1. The third-order valence-corrected chi connectivity index (χ3v) is 4.43. The van der Waals surface area contributed by atoms with Crippen LogP contribution in [0.2, 0.25) is 0 Å². The number of likely N-dealkylation sites (N-methyl/N-ethyl adjacent to an activating group) is 2. The van der Waals surface area contributed by atoms with Gasteiger partial charge < -0.3 is 15.0 Å². The summed E-state index contributed by atoms with van der Waals surface area (Å²) >= 11 is 0. The van der Waals surface area contributed by atoms with Crippen LogP contribution < -0.4 is 15.5 Å². The fourth-order valence-corrected chi connectivity index (χ4v) is 2.76. The quantitative estimate of drug-likeness (QED) is 0.218. The van der Waals surface area contributed by atoms with Gasteiger partial charge in [0.2, 0.25) is 0 Å². The zero-order valence-electron chi connectivity index (χ0n) is 16.9. The third-order valence-electron chi connectivity index (χ3n) is 4.43. The molecule has 8 heteroatoms. The van der Waals surface area contributed by atoms with Crippen molar-refractivity contribution in [1.29, 1.82) is 0 Å². The lowest BCUT2D eigenvalue weighted by atomic mass is 10.1. The number of ether oxygens (including phenoxy) is 1. The summed E-state index contributed by atoms with van der Waals surface area (Å²) in [6.07, 6.45) is 7.08. The Morgan fingerprint density at radius 2 is 1.64 bits per heavy atom. The van der Waals surface area contributed by atoms with E-state index < -0.39 is 23.8 Å². The molecule has 3 N–H and O–H groups in total. The summed E-state index contributed by atoms with van der Waals surface area (Å²) in [6, 6.07) is 5.03. The van der Waals surface area contributed by atoms with Gasteiger partial charge in [0.1, 0.15) is 5.75 Å². The van der Waals surface area contributed by atoms with Crippen LogP contribution in [0.1, 0.15) is 55.8 Å². The van der Waals surface area contributed by atoms with E-state index in [1.165, 1.54) is 45.3 Å². The fourth-order valence-electron chi connectivity index (χ4n) is 2.76. The van der Waals surface area contributed by atoms with Crippen LogP contribution in [-0.2, 0) is 9.59 Å². The SMILES string of the molecule is CCCCCCCCOc1ccc(C(=O)N(C)C(C(=O)NC)C(=O)NO)cc1. The summed E-state index contributed by atoms with van der Waals surface area (Å²) in [5.41, 5.74) is 1.71. The molecule has 1 aromatic rings. The Morgan fingerprint density at radius 1 is 1.04 bits per heavy atom. The first kappa shape index (κ1) is 23.4. The Hall–Kier alpha value is -2.61. The Labute approximate surface area is 166 Å². The van der Waals surface area contributed by atoms with Crippen molar-refractivity contribution >= 4 is 17.7 Å². The van der Waals surface area contributed by atoms with Crippen LogP contribution in [0.3, 0.4) is 0 Å². The van der Waals surface area contributed by atoms with Gasteiger partial charge in [-0.25, -0.2) is 5.48 Å². The van der Waals surface area contributed by atoms with E-state index >= 15 is 0 Å². The molecule has 0 aromatic heterocycles. The van der Waals surface area contributed by atoms with Crippen LogP contribution in [-0.4, -0.2) is 54.6 Å². The maximum absolute atomic E-state index is 12.6. The predicted molar refractivity (Wildman–Crippen MR) is 105 cm³/mol. The summed E-state index contributed by atoms with van der Waals surface area (Å²) in [7, 11) is 2.66. The lowest BCUT2D eigenvalue weighted by Gasteiger charge is -2.25. The molecule has 8 nitrogen and oxygen atoms in total. The van der Waals surface area contributed by atoms with E-state index in [2.05, 4.69) is 12.2 Å². The Bertz CT molecular complexity index is 617. The van der Waals surface area contributed by atoms with Gasteiger partial charge in [-0.15, -0.1) is 0 Å². The zero-order valence-corrected chi connectivity index (χ0v) is 16.9. The first-order valence-corrected chi connectivity index (χ1v) is 9.61. The molecule has 1 atom stereocenters. The summed E-state index contributed by atoms with van der Waals surface area (Å²) in [4.78, 5) is 37.1. The summed E-state index contributed by atoms with van der Waals surface area (Å²) < 4.78 is 5.68. The van der Waals surface area contributed by atoms with Crippen LogP contribution >= 0.6 is 0 Å². The first-order chi connectivity index (χ1) is 13.5. The smallest absolute Gasteiger partial charge is 0.275 e. The van der Waals surface area contributed by atoms with Gasteiger partial charge in [0.05, 0.1) is 6.61 Å². The average Bonchev–Trinajstić information content (AvgIpc) is 2.72. The molecule has 0 fully saturated rings. The number of nitrogens with one attached hydrogen (secondary N) is 2. The van der Waals surface area contributed by atoms with E-state index in [0.717, 1.165) is 17.7 Å². The van der Waals surface area contributed by atoms with Gasteiger partial charge in [0.15, 0.2) is 6.04 Å². The highest BCUT2D eigenvalue weighted by atomic mass is 16.5. The normalized spacial score (nSPS) is 11.4. The van der Waals surface area contributed by atoms with Crippen LogP contribution in [0.5, 0.6) is 5.75 Å². The lowest BCUT2D eigenvalue weighted by molar-refractivity contribution is -0.140. The van der Waals surface area contributed by atoms with E-state index in [1.54, 1.807) is 24.3 Å². The molecule has 0 radical (unpaired) electrons. The van der Waals surface area contributed by atoms with Gasteiger partial charge in [-0.2, -0.15) is 0 Å². The van der Waals surface area contributed by atoms with Crippen molar-refractivity contribution in [3.05, 3.63) is 29.8 Å². The van der Waals surface area contributed by atoms with Gasteiger partial charge in [-0.05, 0) is 30.7 Å². The van der Waals surface area contributed by atoms with Crippen LogP contribution in [0.25, 0.3) is 0 Å². The Morgan fingerprint density at radius 3 is 2.21 bits per heavy atom. The highest BCUT2D eigenvalue weighted by Crippen LogP contribution is 2.15. The molecule has 28 heavy (non-hydrogen) atoms. The van der Waals surface area contributed by atoms with Crippen molar-refractivity contribution in [3.8, 4) is 5.75 Å². The number of hydrogen-bond donors (Lipinski definition) is 3. The first-order valence-electron chi connectivity index (χ1n) is 9.61.